The van der Waals surface area contributed by atoms with Crippen molar-refractivity contribution < 1.29 is 27.4 Å². The molecule has 0 unspecified atom stereocenters. The van der Waals surface area contributed by atoms with E-state index in [1.807, 2.05) is 6.92 Å². The minimum Gasteiger partial charge on any atom is -0.383 e. The number of carbonyl (C=O) groups is 1. The second kappa shape index (κ2) is 7.96. The molecule has 1 aromatic carbocycles. The van der Waals surface area contributed by atoms with E-state index in [1.54, 1.807) is 23.1 Å². The zero-order chi connectivity index (χ0) is 23.3. The molecule has 0 radical (unpaired) electrons. The molecular weight excluding hydrogens is 437 g/mol. The number of ether oxygens (including phenoxy) is 2. The van der Waals surface area contributed by atoms with Crippen molar-refractivity contribution in [2.75, 3.05) is 18.9 Å². The first-order valence-electron chi connectivity index (χ1n) is 10.5. The van der Waals surface area contributed by atoms with E-state index < -0.39 is 17.8 Å². The Labute approximate surface area is 187 Å². The molecular formula is C23H21F3N4O3. The van der Waals surface area contributed by atoms with Gasteiger partial charge in [-0.15, -0.1) is 0 Å². The van der Waals surface area contributed by atoms with Gasteiger partial charge in [0.15, 0.2) is 0 Å². The van der Waals surface area contributed by atoms with Crippen LogP contribution in [0.3, 0.4) is 0 Å². The van der Waals surface area contributed by atoms with Gasteiger partial charge in [-0.25, -0.2) is 4.98 Å². The van der Waals surface area contributed by atoms with Crippen LogP contribution in [0.15, 0.2) is 36.5 Å². The lowest BCUT2D eigenvalue weighted by Gasteiger charge is -2.38. The van der Waals surface area contributed by atoms with Gasteiger partial charge in [0, 0.05) is 29.3 Å². The number of hydrogen-bond donors (Lipinski definition) is 1. The maximum absolute atomic E-state index is 13.6. The normalized spacial score (nSPS) is 20.8. The molecule has 7 nitrogen and oxygen atoms in total. The van der Waals surface area contributed by atoms with Crippen molar-refractivity contribution in [2.24, 2.45) is 0 Å². The summed E-state index contributed by atoms with van der Waals surface area (Å²) in [6.07, 6.45) is -3.92. The molecule has 2 aromatic heterocycles. The highest BCUT2D eigenvalue weighted by atomic mass is 19.4. The molecule has 3 aromatic rings. The van der Waals surface area contributed by atoms with Crippen molar-refractivity contribution in [3.05, 3.63) is 64.5 Å². The highest BCUT2D eigenvalue weighted by Gasteiger charge is 2.35. The zero-order valence-electron chi connectivity index (χ0n) is 17.7. The van der Waals surface area contributed by atoms with Crippen molar-refractivity contribution in [1.82, 2.24) is 14.9 Å². The number of anilines is 1. The van der Waals surface area contributed by atoms with Crippen LogP contribution in [0, 0.1) is 0 Å². The summed E-state index contributed by atoms with van der Waals surface area (Å²) in [6, 6.07) is 6.85. The lowest BCUT2D eigenvalue weighted by atomic mass is 10.0. The second-order valence-corrected chi connectivity index (χ2v) is 8.27. The number of hydrogen-bond acceptors (Lipinski definition) is 6. The maximum Gasteiger partial charge on any atom is 0.417 e. The average molecular weight is 458 g/mol. The van der Waals surface area contributed by atoms with Crippen LogP contribution >= 0.6 is 0 Å². The molecule has 0 saturated carbocycles. The number of amides is 1. The first-order chi connectivity index (χ1) is 15.7. The maximum atomic E-state index is 13.6. The summed E-state index contributed by atoms with van der Waals surface area (Å²) in [6.45, 7) is 3.04. The quantitative estimate of drug-likeness (QED) is 0.627. The standard InChI is InChI=1S/C23H21F3N4O3/c1-12-8-30(20(11-33-12)19-5-3-14(7-28-19)23(24,25)26)22(31)13-2-4-18-15(6-13)16-9-32-10-17(16)21(27)29-18/h2-7,12,20H,8-11H2,1H3,(H2,27,29)/t12-,20-/m1/s1. The summed E-state index contributed by atoms with van der Waals surface area (Å²) in [4.78, 5) is 23.6. The van der Waals surface area contributed by atoms with Crippen LogP contribution < -0.4 is 5.73 Å². The number of halogens is 3. The molecule has 1 amide bonds. The molecule has 2 aliphatic heterocycles. The van der Waals surface area contributed by atoms with Gasteiger partial charge in [0.2, 0.25) is 0 Å². The highest BCUT2D eigenvalue weighted by molar-refractivity contribution is 5.99. The Morgan fingerprint density at radius 3 is 2.70 bits per heavy atom. The molecule has 0 spiro atoms. The van der Waals surface area contributed by atoms with Crippen LogP contribution in [0.25, 0.3) is 10.9 Å². The van der Waals surface area contributed by atoms with Gasteiger partial charge >= 0.3 is 6.18 Å². The van der Waals surface area contributed by atoms with Gasteiger partial charge in [0.25, 0.3) is 5.91 Å². The number of benzene rings is 1. The lowest BCUT2D eigenvalue weighted by Crippen LogP contribution is -2.47. The Kier molecular flexibility index (Phi) is 5.21. The van der Waals surface area contributed by atoms with Crippen molar-refractivity contribution in [1.29, 1.82) is 0 Å². The van der Waals surface area contributed by atoms with Crippen molar-refractivity contribution >= 4 is 22.6 Å². The Morgan fingerprint density at radius 2 is 1.97 bits per heavy atom. The van der Waals surface area contributed by atoms with Crippen LogP contribution in [0.1, 0.15) is 45.7 Å². The Morgan fingerprint density at radius 1 is 1.18 bits per heavy atom. The summed E-state index contributed by atoms with van der Waals surface area (Å²) in [7, 11) is 0. The summed E-state index contributed by atoms with van der Waals surface area (Å²) in [5.74, 6) is 0.160. The number of carbonyl (C=O) groups excluding carboxylic acids is 1. The van der Waals surface area contributed by atoms with Crippen molar-refractivity contribution in [3.8, 4) is 0 Å². The molecule has 5 rings (SSSR count). The number of nitrogen functional groups attached to an aromatic ring is 1. The molecule has 1 saturated heterocycles. The van der Waals surface area contributed by atoms with E-state index in [9.17, 15) is 18.0 Å². The largest absolute Gasteiger partial charge is 0.417 e. The third-order valence-electron chi connectivity index (χ3n) is 6.06. The van der Waals surface area contributed by atoms with E-state index in [0.29, 0.717) is 35.8 Å². The Bertz CT molecular complexity index is 1230. The van der Waals surface area contributed by atoms with Crippen LogP contribution in [0.4, 0.5) is 19.0 Å². The van der Waals surface area contributed by atoms with E-state index in [1.165, 1.54) is 6.07 Å². The van der Waals surface area contributed by atoms with E-state index in [0.717, 1.165) is 28.8 Å². The molecule has 1 fully saturated rings. The first kappa shape index (κ1) is 21.6. The number of nitrogens with two attached hydrogens (primary N) is 1. The number of pyridine rings is 2. The van der Waals surface area contributed by atoms with Gasteiger partial charge in [-0.2, -0.15) is 13.2 Å². The number of alkyl halides is 3. The third kappa shape index (κ3) is 3.89. The molecule has 2 atom stereocenters. The van der Waals surface area contributed by atoms with Crippen LogP contribution in [-0.2, 0) is 28.9 Å². The van der Waals surface area contributed by atoms with E-state index in [4.69, 9.17) is 15.2 Å². The van der Waals surface area contributed by atoms with Gasteiger partial charge in [0.1, 0.15) is 5.82 Å². The van der Waals surface area contributed by atoms with Crippen LogP contribution in [0.2, 0.25) is 0 Å². The van der Waals surface area contributed by atoms with E-state index in [-0.39, 0.29) is 25.2 Å². The molecule has 10 heteroatoms. The van der Waals surface area contributed by atoms with Gasteiger partial charge in [-0.1, -0.05) is 0 Å². The molecule has 2 N–H and O–H groups in total. The molecule has 2 aliphatic rings. The monoisotopic (exact) mass is 458 g/mol. The topological polar surface area (TPSA) is 90.6 Å². The molecule has 0 bridgehead atoms. The first-order valence-corrected chi connectivity index (χ1v) is 10.5. The summed E-state index contributed by atoms with van der Waals surface area (Å²) in [5, 5.41) is 0.799. The Balaban J connectivity index is 1.50. The molecule has 33 heavy (non-hydrogen) atoms. The Hall–Kier alpha value is -3.24. The predicted molar refractivity (Wildman–Crippen MR) is 113 cm³/mol. The summed E-state index contributed by atoms with van der Waals surface area (Å²) < 4.78 is 50.0. The smallest absolute Gasteiger partial charge is 0.383 e. The number of morpholine rings is 1. The fraction of sp³-hybridized carbons (Fsp3) is 0.348. The number of fused-ring (bicyclic) bond motifs is 3. The minimum absolute atomic E-state index is 0.139. The van der Waals surface area contributed by atoms with Gasteiger partial charge in [0.05, 0.1) is 48.7 Å². The lowest BCUT2D eigenvalue weighted by molar-refractivity contribution is -0.137. The highest BCUT2D eigenvalue weighted by Crippen LogP contribution is 2.34. The number of nitrogens with zero attached hydrogens (tertiary/aromatic N) is 3. The van der Waals surface area contributed by atoms with Crippen molar-refractivity contribution in [2.45, 2.75) is 38.5 Å². The SMILES string of the molecule is C[C@@H]1CN(C(=O)c2ccc3nc(N)c4c(c3c2)COC4)[C@@H](c2ccc(C(F)(F)F)cn2)CO1. The fourth-order valence-electron chi connectivity index (χ4n) is 4.31. The molecule has 4 heterocycles. The number of aromatic nitrogens is 2. The van der Waals surface area contributed by atoms with Gasteiger partial charge in [-0.05, 0) is 42.8 Å². The molecule has 172 valence electrons. The predicted octanol–water partition coefficient (Wildman–Crippen LogP) is 3.86. The average Bonchev–Trinajstić information content (AvgIpc) is 3.29. The third-order valence-corrected chi connectivity index (χ3v) is 6.06. The van der Waals surface area contributed by atoms with Crippen molar-refractivity contribution in [3.63, 3.8) is 0 Å². The van der Waals surface area contributed by atoms with E-state index in [2.05, 4.69) is 9.97 Å². The summed E-state index contributed by atoms with van der Waals surface area (Å²) >= 11 is 0. The number of rotatable bonds is 2. The summed E-state index contributed by atoms with van der Waals surface area (Å²) in [5.41, 5.74) is 8.39. The van der Waals surface area contributed by atoms with Crippen LogP contribution in [-0.4, -0.2) is 40.0 Å². The van der Waals surface area contributed by atoms with Gasteiger partial charge in [-0.3, -0.25) is 9.78 Å². The molecule has 0 aliphatic carbocycles. The van der Waals surface area contributed by atoms with E-state index >= 15 is 0 Å². The van der Waals surface area contributed by atoms with Crippen LogP contribution in [0.5, 0.6) is 0 Å². The minimum atomic E-state index is -4.48. The fourth-order valence-corrected chi connectivity index (χ4v) is 4.31. The van der Waals surface area contributed by atoms with Gasteiger partial charge < -0.3 is 20.1 Å². The second-order valence-electron chi connectivity index (χ2n) is 8.27. The zero-order valence-corrected chi connectivity index (χ0v) is 17.7.